The largest absolute Gasteiger partial charge is 0.294 e. The van der Waals surface area contributed by atoms with Gasteiger partial charge in [0.2, 0.25) is 0 Å². The highest BCUT2D eigenvalue weighted by atomic mass is 16.1. The van der Waals surface area contributed by atoms with Gasteiger partial charge in [-0.15, -0.1) is 0 Å². The molecule has 0 radical (unpaired) electrons. The molecular weight excluding hydrogens is 244 g/mol. The van der Waals surface area contributed by atoms with Gasteiger partial charge in [0.05, 0.1) is 0 Å². The topological polar surface area (TPSA) is 17.1 Å². The first kappa shape index (κ1) is 13.1. The normalized spacial score (nSPS) is 14.8. The molecule has 2 aromatic carbocycles. The second-order valence-corrected chi connectivity index (χ2v) is 5.66. The van der Waals surface area contributed by atoms with Gasteiger partial charge in [0, 0.05) is 12.0 Å². The zero-order chi connectivity index (χ0) is 13.8. The summed E-state index contributed by atoms with van der Waals surface area (Å²) >= 11 is 0. The van der Waals surface area contributed by atoms with Crippen molar-refractivity contribution in [1.29, 1.82) is 0 Å². The molecule has 102 valence electrons. The van der Waals surface area contributed by atoms with Crippen LogP contribution in [0, 0.1) is 0 Å². The molecule has 1 fully saturated rings. The van der Waals surface area contributed by atoms with E-state index < -0.39 is 0 Å². The van der Waals surface area contributed by atoms with Gasteiger partial charge in [0.25, 0.3) is 0 Å². The quantitative estimate of drug-likeness (QED) is 0.711. The van der Waals surface area contributed by atoms with Gasteiger partial charge in [-0.05, 0) is 36.3 Å². The molecule has 20 heavy (non-hydrogen) atoms. The Bertz CT molecular complexity index is 564. The van der Waals surface area contributed by atoms with E-state index in [9.17, 15) is 4.79 Å². The highest BCUT2D eigenvalue weighted by Gasteiger charge is 2.19. The summed E-state index contributed by atoms with van der Waals surface area (Å²) < 4.78 is 0. The fourth-order valence-corrected chi connectivity index (χ4v) is 2.73. The average Bonchev–Trinajstić information content (AvgIpc) is 2.45. The zero-order valence-electron chi connectivity index (χ0n) is 11.7. The summed E-state index contributed by atoms with van der Waals surface area (Å²) in [5.41, 5.74) is 3.48. The summed E-state index contributed by atoms with van der Waals surface area (Å²) in [6.45, 7) is 0. The monoisotopic (exact) mass is 264 g/mol. The summed E-state index contributed by atoms with van der Waals surface area (Å²) in [6.07, 6.45) is 5.38. The predicted molar refractivity (Wildman–Crippen MR) is 82.1 cm³/mol. The van der Waals surface area contributed by atoms with Crippen LogP contribution >= 0.6 is 0 Å². The van der Waals surface area contributed by atoms with Gasteiger partial charge in [-0.2, -0.15) is 0 Å². The number of hydrogen-bond donors (Lipinski definition) is 0. The third-order valence-electron chi connectivity index (χ3n) is 4.29. The van der Waals surface area contributed by atoms with Gasteiger partial charge in [-0.25, -0.2) is 0 Å². The molecule has 1 aliphatic rings. The molecule has 1 aliphatic carbocycles. The Morgan fingerprint density at radius 2 is 1.65 bits per heavy atom. The molecule has 0 unspecified atom stereocenters. The van der Waals surface area contributed by atoms with Gasteiger partial charge in [0.1, 0.15) is 0 Å². The van der Waals surface area contributed by atoms with Gasteiger partial charge in [-0.3, -0.25) is 4.79 Å². The second-order valence-electron chi connectivity index (χ2n) is 5.66. The Labute approximate surface area is 120 Å². The molecule has 0 saturated heterocycles. The van der Waals surface area contributed by atoms with Gasteiger partial charge in [-0.1, -0.05) is 61.0 Å². The molecule has 0 heterocycles. The lowest BCUT2D eigenvalue weighted by Crippen LogP contribution is -2.09. The van der Waals surface area contributed by atoms with Crippen LogP contribution in [0.4, 0.5) is 0 Å². The fraction of sp³-hybridized carbons (Fsp3) is 0.316. The standard InChI is InChI=1S/C19H20O/c20-19(14-9-15-5-2-1-3-6-15)18-12-10-17(11-13-18)16-7-4-8-16/h1-3,5-6,10-13,16H,4,7-9,14H2. The molecule has 1 nitrogen and oxygen atoms in total. The number of Topliss-reactive ketones (excluding diaryl/α,β-unsaturated/α-hetero) is 1. The minimum atomic E-state index is 0.244. The molecule has 0 spiro atoms. The van der Waals surface area contributed by atoms with E-state index in [0.717, 1.165) is 17.9 Å². The number of ketones is 1. The van der Waals surface area contributed by atoms with Gasteiger partial charge in [0.15, 0.2) is 5.78 Å². The minimum Gasteiger partial charge on any atom is -0.294 e. The Balaban J connectivity index is 1.59. The van der Waals surface area contributed by atoms with Crippen LogP contribution in [0.2, 0.25) is 0 Å². The highest BCUT2D eigenvalue weighted by molar-refractivity contribution is 5.96. The first-order valence-electron chi connectivity index (χ1n) is 7.50. The lowest BCUT2D eigenvalue weighted by Gasteiger charge is -2.25. The number of carbonyl (C=O) groups is 1. The number of rotatable bonds is 5. The molecule has 1 heteroatoms. The molecule has 2 aromatic rings. The third kappa shape index (κ3) is 2.98. The number of hydrogen-bond acceptors (Lipinski definition) is 1. The van der Waals surface area contributed by atoms with E-state index in [1.807, 2.05) is 30.3 Å². The smallest absolute Gasteiger partial charge is 0.163 e. The Morgan fingerprint density at radius 1 is 0.950 bits per heavy atom. The highest BCUT2D eigenvalue weighted by Crippen LogP contribution is 2.36. The van der Waals surface area contributed by atoms with E-state index in [2.05, 4.69) is 24.3 Å². The van der Waals surface area contributed by atoms with Crippen LogP contribution in [0.15, 0.2) is 54.6 Å². The van der Waals surface area contributed by atoms with Crippen molar-refractivity contribution in [2.24, 2.45) is 0 Å². The van der Waals surface area contributed by atoms with E-state index >= 15 is 0 Å². The minimum absolute atomic E-state index is 0.244. The molecule has 0 amide bonds. The van der Waals surface area contributed by atoms with Crippen LogP contribution in [0.1, 0.15) is 53.1 Å². The number of aryl methyl sites for hydroxylation is 1. The van der Waals surface area contributed by atoms with Crippen LogP contribution in [0.25, 0.3) is 0 Å². The van der Waals surface area contributed by atoms with E-state index in [1.54, 1.807) is 0 Å². The maximum atomic E-state index is 12.2. The Hall–Kier alpha value is -1.89. The summed E-state index contributed by atoms with van der Waals surface area (Å²) in [6, 6.07) is 18.5. The summed E-state index contributed by atoms with van der Waals surface area (Å²) in [7, 11) is 0. The molecule has 0 bridgehead atoms. The maximum Gasteiger partial charge on any atom is 0.163 e. The second kappa shape index (κ2) is 6.04. The van der Waals surface area contributed by atoms with Crippen LogP contribution in [-0.2, 0) is 6.42 Å². The van der Waals surface area contributed by atoms with Crippen molar-refractivity contribution >= 4 is 5.78 Å². The molecule has 1 saturated carbocycles. The summed E-state index contributed by atoms with van der Waals surface area (Å²) in [5.74, 6) is 0.984. The van der Waals surface area contributed by atoms with Crippen molar-refractivity contribution in [3.05, 3.63) is 71.3 Å². The lowest BCUT2D eigenvalue weighted by molar-refractivity contribution is 0.0983. The summed E-state index contributed by atoms with van der Waals surface area (Å²) in [5, 5.41) is 0. The fourth-order valence-electron chi connectivity index (χ4n) is 2.73. The average molecular weight is 264 g/mol. The number of benzene rings is 2. The SMILES string of the molecule is O=C(CCc1ccccc1)c1ccc(C2CCC2)cc1. The lowest BCUT2D eigenvalue weighted by atomic mass is 9.80. The third-order valence-corrected chi connectivity index (χ3v) is 4.29. The van der Waals surface area contributed by atoms with E-state index in [-0.39, 0.29) is 5.78 Å². The van der Waals surface area contributed by atoms with Crippen molar-refractivity contribution in [3.8, 4) is 0 Å². The molecule has 0 N–H and O–H groups in total. The van der Waals surface area contributed by atoms with E-state index in [0.29, 0.717) is 6.42 Å². The summed E-state index contributed by atoms with van der Waals surface area (Å²) in [4.78, 5) is 12.2. The Kier molecular flexibility index (Phi) is 3.96. The zero-order valence-corrected chi connectivity index (χ0v) is 11.7. The van der Waals surface area contributed by atoms with Crippen LogP contribution in [-0.4, -0.2) is 5.78 Å². The van der Waals surface area contributed by atoms with E-state index in [4.69, 9.17) is 0 Å². The molecule has 0 atom stereocenters. The van der Waals surface area contributed by atoms with Gasteiger partial charge < -0.3 is 0 Å². The van der Waals surface area contributed by atoms with Crippen LogP contribution in [0.3, 0.4) is 0 Å². The molecule has 0 aliphatic heterocycles. The Morgan fingerprint density at radius 3 is 2.25 bits per heavy atom. The van der Waals surface area contributed by atoms with Gasteiger partial charge >= 0.3 is 0 Å². The molecular formula is C19H20O. The molecule has 0 aromatic heterocycles. The first-order valence-corrected chi connectivity index (χ1v) is 7.50. The van der Waals surface area contributed by atoms with Crippen molar-refractivity contribution in [3.63, 3.8) is 0 Å². The predicted octanol–water partition coefficient (Wildman–Crippen LogP) is 4.77. The maximum absolute atomic E-state index is 12.2. The van der Waals surface area contributed by atoms with Crippen molar-refractivity contribution < 1.29 is 4.79 Å². The van der Waals surface area contributed by atoms with E-state index in [1.165, 1.54) is 30.4 Å². The van der Waals surface area contributed by atoms with Crippen molar-refractivity contribution in [1.82, 2.24) is 0 Å². The van der Waals surface area contributed by atoms with Crippen molar-refractivity contribution in [2.75, 3.05) is 0 Å². The number of carbonyl (C=O) groups excluding carboxylic acids is 1. The molecule has 3 rings (SSSR count). The van der Waals surface area contributed by atoms with Crippen molar-refractivity contribution in [2.45, 2.75) is 38.0 Å². The first-order chi connectivity index (χ1) is 9.83. The van der Waals surface area contributed by atoms with Crippen LogP contribution < -0.4 is 0 Å². The van der Waals surface area contributed by atoms with Crippen LogP contribution in [0.5, 0.6) is 0 Å².